The van der Waals surface area contributed by atoms with Gasteiger partial charge >= 0.3 is 0 Å². The Balaban J connectivity index is 1.74. The Morgan fingerprint density at radius 1 is 1.39 bits per heavy atom. The number of hydrogen-bond acceptors (Lipinski definition) is 3. The van der Waals surface area contributed by atoms with E-state index >= 15 is 0 Å². The standard InChI is InChI=1S/C14H22FN3/c1-12(11-18-8-3-2-4-9-18)10-17-14-13(15)6-5-7-16-14/h5-7,12H,2-4,8-11H2,1H3,(H,16,17). The van der Waals surface area contributed by atoms with Crippen molar-refractivity contribution in [1.29, 1.82) is 0 Å². The van der Waals surface area contributed by atoms with Gasteiger partial charge in [-0.05, 0) is 44.0 Å². The summed E-state index contributed by atoms with van der Waals surface area (Å²) in [6.45, 7) is 6.47. The first-order valence-electron chi connectivity index (χ1n) is 6.82. The molecular formula is C14H22FN3. The lowest BCUT2D eigenvalue weighted by Gasteiger charge is -2.29. The van der Waals surface area contributed by atoms with Crippen LogP contribution in [0.2, 0.25) is 0 Å². The number of anilines is 1. The molecule has 0 amide bonds. The highest BCUT2D eigenvalue weighted by Crippen LogP contribution is 2.12. The topological polar surface area (TPSA) is 28.2 Å². The molecule has 1 N–H and O–H groups in total. The van der Waals surface area contributed by atoms with Crippen molar-refractivity contribution in [2.75, 3.05) is 31.5 Å². The molecule has 2 rings (SSSR count). The summed E-state index contributed by atoms with van der Waals surface area (Å²) in [6, 6.07) is 3.04. The predicted molar refractivity (Wildman–Crippen MR) is 72.1 cm³/mol. The Kier molecular flexibility index (Phi) is 4.93. The fraction of sp³-hybridized carbons (Fsp3) is 0.643. The van der Waals surface area contributed by atoms with E-state index in [0.717, 1.165) is 13.1 Å². The second-order valence-corrected chi connectivity index (χ2v) is 5.18. The van der Waals surface area contributed by atoms with Crippen LogP contribution in [-0.4, -0.2) is 36.1 Å². The average molecular weight is 251 g/mol. The molecule has 0 aromatic carbocycles. The second kappa shape index (κ2) is 6.69. The quantitative estimate of drug-likeness (QED) is 0.872. The monoisotopic (exact) mass is 251 g/mol. The fourth-order valence-electron chi connectivity index (χ4n) is 2.43. The van der Waals surface area contributed by atoms with E-state index < -0.39 is 0 Å². The molecule has 1 aromatic heterocycles. The molecule has 0 radical (unpaired) electrons. The van der Waals surface area contributed by atoms with Gasteiger partial charge < -0.3 is 10.2 Å². The van der Waals surface area contributed by atoms with Gasteiger partial charge in [0, 0.05) is 19.3 Å². The van der Waals surface area contributed by atoms with Gasteiger partial charge in [-0.2, -0.15) is 0 Å². The highest BCUT2D eigenvalue weighted by atomic mass is 19.1. The third-order valence-corrected chi connectivity index (χ3v) is 3.40. The first kappa shape index (κ1) is 13.3. The molecule has 0 aliphatic carbocycles. The fourth-order valence-corrected chi connectivity index (χ4v) is 2.43. The highest BCUT2D eigenvalue weighted by Gasteiger charge is 2.13. The van der Waals surface area contributed by atoms with Crippen LogP contribution in [0.5, 0.6) is 0 Å². The minimum Gasteiger partial charge on any atom is -0.367 e. The summed E-state index contributed by atoms with van der Waals surface area (Å²) in [5.74, 6) is 0.593. The summed E-state index contributed by atoms with van der Waals surface area (Å²) in [6.07, 6.45) is 5.60. The van der Waals surface area contributed by atoms with Crippen LogP contribution < -0.4 is 5.32 Å². The third kappa shape index (κ3) is 3.95. The van der Waals surface area contributed by atoms with Crippen molar-refractivity contribution in [3.8, 4) is 0 Å². The number of rotatable bonds is 5. The van der Waals surface area contributed by atoms with Gasteiger partial charge in [0.15, 0.2) is 11.6 Å². The molecule has 100 valence electrons. The summed E-state index contributed by atoms with van der Waals surface area (Å²) >= 11 is 0. The molecule has 1 saturated heterocycles. The van der Waals surface area contributed by atoms with Gasteiger partial charge in [-0.3, -0.25) is 0 Å². The zero-order valence-corrected chi connectivity index (χ0v) is 11.0. The third-order valence-electron chi connectivity index (χ3n) is 3.40. The highest BCUT2D eigenvalue weighted by molar-refractivity contribution is 5.35. The largest absolute Gasteiger partial charge is 0.367 e. The Labute approximate surface area is 108 Å². The maximum Gasteiger partial charge on any atom is 0.165 e. The van der Waals surface area contributed by atoms with Crippen LogP contribution in [0, 0.1) is 11.7 Å². The van der Waals surface area contributed by atoms with Crippen molar-refractivity contribution in [3.63, 3.8) is 0 Å². The minimum absolute atomic E-state index is 0.275. The number of pyridine rings is 1. The summed E-state index contributed by atoms with van der Waals surface area (Å²) in [4.78, 5) is 6.50. The lowest BCUT2D eigenvalue weighted by Crippen LogP contribution is -2.35. The summed E-state index contributed by atoms with van der Waals surface area (Å²) in [7, 11) is 0. The lowest BCUT2D eigenvalue weighted by molar-refractivity contribution is 0.204. The molecule has 1 unspecified atom stereocenters. The second-order valence-electron chi connectivity index (χ2n) is 5.18. The first-order chi connectivity index (χ1) is 8.75. The van der Waals surface area contributed by atoms with E-state index in [4.69, 9.17) is 0 Å². The van der Waals surface area contributed by atoms with Gasteiger partial charge in [-0.1, -0.05) is 13.3 Å². The molecule has 1 aliphatic rings. The van der Waals surface area contributed by atoms with Gasteiger partial charge in [-0.15, -0.1) is 0 Å². The molecule has 0 saturated carbocycles. The number of nitrogens with one attached hydrogen (secondary N) is 1. The van der Waals surface area contributed by atoms with E-state index in [-0.39, 0.29) is 5.82 Å². The molecule has 1 aromatic rings. The zero-order valence-electron chi connectivity index (χ0n) is 11.0. The first-order valence-corrected chi connectivity index (χ1v) is 6.82. The number of aromatic nitrogens is 1. The van der Waals surface area contributed by atoms with E-state index in [9.17, 15) is 4.39 Å². The van der Waals surface area contributed by atoms with Crippen LogP contribution >= 0.6 is 0 Å². The smallest absolute Gasteiger partial charge is 0.165 e. The molecule has 3 nitrogen and oxygen atoms in total. The normalized spacial score (nSPS) is 18.6. The van der Waals surface area contributed by atoms with E-state index in [2.05, 4.69) is 22.1 Å². The molecule has 1 aliphatic heterocycles. The van der Waals surface area contributed by atoms with E-state index in [1.165, 1.54) is 38.4 Å². The molecule has 18 heavy (non-hydrogen) atoms. The molecule has 4 heteroatoms. The summed E-state index contributed by atoms with van der Waals surface area (Å²) < 4.78 is 13.4. The van der Waals surface area contributed by atoms with Gasteiger partial charge in [0.25, 0.3) is 0 Å². The average Bonchev–Trinajstić information content (AvgIpc) is 2.39. The van der Waals surface area contributed by atoms with Crippen LogP contribution in [0.25, 0.3) is 0 Å². The number of nitrogens with zero attached hydrogens (tertiary/aromatic N) is 2. The molecule has 1 fully saturated rings. The van der Waals surface area contributed by atoms with Gasteiger partial charge in [0.05, 0.1) is 0 Å². The van der Waals surface area contributed by atoms with Crippen molar-refractivity contribution >= 4 is 5.82 Å². The maximum atomic E-state index is 13.4. The van der Waals surface area contributed by atoms with Crippen LogP contribution in [0.15, 0.2) is 18.3 Å². The van der Waals surface area contributed by atoms with Crippen LogP contribution in [-0.2, 0) is 0 Å². The molecule has 2 heterocycles. The molecular weight excluding hydrogens is 229 g/mol. The van der Waals surface area contributed by atoms with Crippen LogP contribution in [0.3, 0.4) is 0 Å². The zero-order chi connectivity index (χ0) is 12.8. The van der Waals surface area contributed by atoms with Crippen LogP contribution in [0.4, 0.5) is 10.2 Å². The van der Waals surface area contributed by atoms with E-state index in [1.54, 1.807) is 12.3 Å². The predicted octanol–water partition coefficient (Wildman–Crippen LogP) is 2.75. The van der Waals surface area contributed by atoms with Crippen molar-refractivity contribution in [2.24, 2.45) is 5.92 Å². The maximum absolute atomic E-state index is 13.4. The molecule has 1 atom stereocenters. The van der Waals surface area contributed by atoms with Gasteiger partial charge in [0.2, 0.25) is 0 Å². The number of piperidine rings is 1. The SMILES string of the molecule is CC(CNc1ncccc1F)CN1CCCCC1. The van der Waals surface area contributed by atoms with E-state index in [1.807, 2.05) is 0 Å². The number of hydrogen-bond donors (Lipinski definition) is 1. The van der Waals surface area contributed by atoms with Crippen molar-refractivity contribution < 1.29 is 4.39 Å². The minimum atomic E-state index is -0.275. The lowest BCUT2D eigenvalue weighted by atomic mass is 10.1. The van der Waals surface area contributed by atoms with Crippen molar-refractivity contribution in [1.82, 2.24) is 9.88 Å². The Hall–Kier alpha value is -1.16. The van der Waals surface area contributed by atoms with Crippen LogP contribution in [0.1, 0.15) is 26.2 Å². The Morgan fingerprint density at radius 2 is 2.17 bits per heavy atom. The molecule has 0 spiro atoms. The van der Waals surface area contributed by atoms with Gasteiger partial charge in [0.1, 0.15) is 0 Å². The Bertz CT molecular complexity index is 364. The van der Waals surface area contributed by atoms with Crippen molar-refractivity contribution in [2.45, 2.75) is 26.2 Å². The summed E-state index contributed by atoms with van der Waals surface area (Å²) in [5.41, 5.74) is 0. The number of likely N-dealkylation sites (tertiary alicyclic amines) is 1. The van der Waals surface area contributed by atoms with Gasteiger partial charge in [-0.25, -0.2) is 9.37 Å². The Morgan fingerprint density at radius 3 is 2.89 bits per heavy atom. The van der Waals surface area contributed by atoms with E-state index in [0.29, 0.717) is 11.7 Å². The summed E-state index contributed by atoms with van der Waals surface area (Å²) in [5, 5.41) is 3.09. The number of halogens is 1. The molecule has 0 bridgehead atoms. The van der Waals surface area contributed by atoms with Crippen molar-refractivity contribution in [3.05, 3.63) is 24.1 Å².